The molecule has 2 heterocycles. The molecular weight excluding hydrogens is 331 g/mol. The molecule has 130 valence electrons. The molecule has 1 saturated heterocycles. The third-order valence-electron chi connectivity index (χ3n) is 4.36. The summed E-state index contributed by atoms with van der Waals surface area (Å²) in [5.74, 6) is 0.328. The van der Waals surface area contributed by atoms with Crippen molar-refractivity contribution in [1.82, 2.24) is 9.62 Å². The van der Waals surface area contributed by atoms with Gasteiger partial charge in [-0.15, -0.1) is 0 Å². The molecule has 0 aliphatic carbocycles. The number of rotatable bonds is 6. The number of sulfonamides is 1. The lowest BCUT2D eigenvalue weighted by Gasteiger charge is -2.26. The molecule has 5 nitrogen and oxygen atoms in total. The predicted octanol–water partition coefficient (Wildman–Crippen LogP) is 2.84. The van der Waals surface area contributed by atoms with Gasteiger partial charge in [-0.1, -0.05) is 0 Å². The van der Waals surface area contributed by atoms with Crippen molar-refractivity contribution in [1.29, 1.82) is 0 Å². The first-order chi connectivity index (χ1) is 11.5. The number of hydrogen-bond acceptors (Lipinski definition) is 4. The average molecular weight is 352 g/mol. The first-order valence-electron chi connectivity index (χ1n) is 8.00. The van der Waals surface area contributed by atoms with E-state index in [0.717, 1.165) is 31.7 Å². The molecule has 1 unspecified atom stereocenters. The van der Waals surface area contributed by atoms with Crippen LogP contribution in [0.4, 0.5) is 4.39 Å². The molecule has 2 aromatic rings. The van der Waals surface area contributed by atoms with Gasteiger partial charge < -0.3 is 4.42 Å². The van der Waals surface area contributed by atoms with Crippen molar-refractivity contribution in [3.05, 3.63) is 53.7 Å². The maximum atomic E-state index is 13.4. The van der Waals surface area contributed by atoms with E-state index >= 15 is 0 Å². The molecule has 1 atom stereocenters. The number of nitrogens with zero attached hydrogens (tertiary/aromatic N) is 1. The maximum Gasteiger partial charge on any atom is 0.240 e. The number of halogens is 1. The van der Waals surface area contributed by atoms with Crippen molar-refractivity contribution in [2.75, 3.05) is 19.6 Å². The van der Waals surface area contributed by atoms with Crippen molar-refractivity contribution < 1.29 is 17.2 Å². The summed E-state index contributed by atoms with van der Waals surface area (Å²) in [6.45, 7) is 3.60. The highest BCUT2D eigenvalue weighted by molar-refractivity contribution is 7.89. The Morgan fingerprint density at radius 2 is 2.04 bits per heavy atom. The van der Waals surface area contributed by atoms with Gasteiger partial charge in [-0.2, -0.15) is 0 Å². The number of furan rings is 1. The van der Waals surface area contributed by atoms with Crippen LogP contribution in [0.1, 0.15) is 30.2 Å². The second-order valence-electron chi connectivity index (χ2n) is 6.04. The van der Waals surface area contributed by atoms with Gasteiger partial charge in [-0.05, 0) is 68.8 Å². The lowest BCUT2D eigenvalue weighted by Crippen LogP contribution is -2.36. The SMILES string of the molecule is Cc1cc(S(=O)(=O)NCC(c2ccco2)N2CCCC2)ccc1F. The molecule has 1 fully saturated rings. The predicted molar refractivity (Wildman–Crippen MR) is 88.6 cm³/mol. The molecule has 0 spiro atoms. The van der Waals surface area contributed by atoms with Gasteiger partial charge in [-0.25, -0.2) is 17.5 Å². The maximum absolute atomic E-state index is 13.4. The van der Waals surface area contributed by atoms with Gasteiger partial charge in [-0.3, -0.25) is 4.90 Å². The molecule has 0 bridgehead atoms. The van der Waals surface area contributed by atoms with E-state index in [9.17, 15) is 12.8 Å². The highest BCUT2D eigenvalue weighted by Gasteiger charge is 2.27. The average Bonchev–Trinajstić information content (AvgIpc) is 3.24. The highest BCUT2D eigenvalue weighted by Crippen LogP contribution is 2.25. The van der Waals surface area contributed by atoms with Crippen LogP contribution in [-0.4, -0.2) is 33.0 Å². The van der Waals surface area contributed by atoms with Gasteiger partial charge in [0, 0.05) is 6.54 Å². The summed E-state index contributed by atoms with van der Waals surface area (Å²) in [6.07, 6.45) is 3.79. The molecule has 1 aliphatic rings. The fourth-order valence-corrected chi connectivity index (χ4v) is 4.12. The van der Waals surface area contributed by atoms with Crippen LogP contribution < -0.4 is 4.72 Å². The Morgan fingerprint density at radius 3 is 2.67 bits per heavy atom. The Bertz CT molecular complexity index is 784. The first-order valence-corrected chi connectivity index (χ1v) is 9.49. The Kier molecular flexibility index (Phi) is 5.03. The molecule has 1 aliphatic heterocycles. The molecular formula is C17H21FN2O3S. The second kappa shape index (κ2) is 7.04. The van der Waals surface area contributed by atoms with Crippen molar-refractivity contribution in [3.63, 3.8) is 0 Å². The lowest BCUT2D eigenvalue weighted by molar-refractivity contribution is 0.216. The minimum Gasteiger partial charge on any atom is -0.468 e. The van der Waals surface area contributed by atoms with E-state index in [1.807, 2.05) is 6.07 Å². The monoisotopic (exact) mass is 352 g/mol. The summed E-state index contributed by atoms with van der Waals surface area (Å²) in [5, 5.41) is 0. The molecule has 1 aromatic heterocycles. The second-order valence-corrected chi connectivity index (χ2v) is 7.80. The van der Waals surface area contributed by atoms with Gasteiger partial charge in [0.1, 0.15) is 11.6 Å². The van der Waals surface area contributed by atoms with E-state index in [1.165, 1.54) is 18.2 Å². The molecule has 0 saturated carbocycles. The fraction of sp³-hybridized carbons (Fsp3) is 0.412. The third kappa shape index (κ3) is 3.68. The number of likely N-dealkylation sites (tertiary alicyclic amines) is 1. The minimum atomic E-state index is -3.70. The van der Waals surface area contributed by atoms with Crippen molar-refractivity contribution in [3.8, 4) is 0 Å². The number of nitrogens with one attached hydrogen (secondary N) is 1. The van der Waals surface area contributed by atoms with Crippen LogP contribution in [0.15, 0.2) is 45.9 Å². The van der Waals surface area contributed by atoms with E-state index in [0.29, 0.717) is 5.56 Å². The zero-order valence-electron chi connectivity index (χ0n) is 13.5. The van der Waals surface area contributed by atoms with E-state index in [1.54, 1.807) is 19.3 Å². The summed E-state index contributed by atoms with van der Waals surface area (Å²) in [6, 6.07) is 7.32. The fourth-order valence-electron chi connectivity index (χ4n) is 3.00. The summed E-state index contributed by atoms with van der Waals surface area (Å²) in [7, 11) is -3.70. The standard InChI is InChI=1S/C17H21FN2O3S/c1-13-11-14(6-7-15(13)18)24(21,22)19-12-16(17-5-4-10-23-17)20-8-2-3-9-20/h4-7,10-11,16,19H,2-3,8-9,12H2,1H3. The largest absolute Gasteiger partial charge is 0.468 e. The lowest BCUT2D eigenvalue weighted by atomic mass is 10.2. The highest BCUT2D eigenvalue weighted by atomic mass is 32.2. The van der Waals surface area contributed by atoms with E-state index in [4.69, 9.17) is 4.42 Å². The molecule has 3 rings (SSSR count). The smallest absolute Gasteiger partial charge is 0.240 e. The van der Waals surface area contributed by atoms with Gasteiger partial charge >= 0.3 is 0 Å². The zero-order chi connectivity index (χ0) is 17.2. The molecule has 1 aromatic carbocycles. The number of benzene rings is 1. The van der Waals surface area contributed by atoms with Crippen LogP contribution in [0.2, 0.25) is 0 Å². The molecule has 1 N–H and O–H groups in total. The molecule has 0 radical (unpaired) electrons. The normalized spacial score (nSPS) is 17.2. The van der Waals surface area contributed by atoms with Crippen LogP contribution in [0.25, 0.3) is 0 Å². The van der Waals surface area contributed by atoms with Crippen LogP contribution >= 0.6 is 0 Å². The van der Waals surface area contributed by atoms with Gasteiger partial charge in [0.2, 0.25) is 10.0 Å². The first kappa shape index (κ1) is 17.1. The van der Waals surface area contributed by atoms with E-state index in [-0.39, 0.29) is 17.5 Å². The quantitative estimate of drug-likeness (QED) is 0.868. The van der Waals surface area contributed by atoms with Crippen molar-refractivity contribution >= 4 is 10.0 Å². The van der Waals surface area contributed by atoms with Crippen molar-refractivity contribution in [2.45, 2.75) is 30.7 Å². The Hall–Kier alpha value is -1.70. The zero-order valence-corrected chi connectivity index (χ0v) is 14.4. The van der Waals surface area contributed by atoms with Gasteiger partial charge in [0.15, 0.2) is 0 Å². The summed E-state index contributed by atoms with van der Waals surface area (Å²) in [5.41, 5.74) is 0.306. The van der Waals surface area contributed by atoms with Crippen LogP contribution in [0.5, 0.6) is 0 Å². The summed E-state index contributed by atoms with van der Waals surface area (Å²) < 4.78 is 46.5. The molecule has 7 heteroatoms. The molecule has 24 heavy (non-hydrogen) atoms. The summed E-state index contributed by atoms with van der Waals surface area (Å²) >= 11 is 0. The summed E-state index contributed by atoms with van der Waals surface area (Å²) in [4.78, 5) is 2.29. The topological polar surface area (TPSA) is 62.6 Å². The van der Waals surface area contributed by atoms with Crippen LogP contribution in [0, 0.1) is 12.7 Å². The van der Waals surface area contributed by atoms with Gasteiger partial charge in [0.05, 0.1) is 17.2 Å². The Balaban J connectivity index is 1.76. The van der Waals surface area contributed by atoms with Gasteiger partial charge in [0.25, 0.3) is 0 Å². The Labute approximate surface area is 141 Å². The molecule has 0 amide bonds. The van der Waals surface area contributed by atoms with Crippen LogP contribution in [-0.2, 0) is 10.0 Å². The van der Waals surface area contributed by atoms with Crippen molar-refractivity contribution in [2.24, 2.45) is 0 Å². The third-order valence-corrected chi connectivity index (χ3v) is 5.78. The van der Waals surface area contributed by atoms with E-state index in [2.05, 4.69) is 9.62 Å². The Morgan fingerprint density at radius 1 is 1.29 bits per heavy atom. The van der Waals surface area contributed by atoms with Crippen LogP contribution in [0.3, 0.4) is 0 Å². The minimum absolute atomic E-state index is 0.0704. The van der Waals surface area contributed by atoms with E-state index < -0.39 is 15.8 Å². The number of hydrogen-bond donors (Lipinski definition) is 1. The number of aryl methyl sites for hydroxylation is 1.